The van der Waals surface area contributed by atoms with Gasteiger partial charge in [-0.05, 0) is 30.3 Å². The SMILES string of the molecule is O=C(COC(=O)C(CO)NC(=O)c1ccccc1)c1ccc2c(c1)OCO2. The Morgan fingerprint density at radius 1 is 1.04 bits per heavy atom. The molecule has 1 amide bonds. The number of benzene rings is 2. The lowest BCUT2D eigenvalue weighted by Crippen LogP contribution is -2.44. The molecule has 0 saturated heterocycles. The number of esters is 1. The topological polar surface area (TPSA) is 111 Å². The minimum absolute atomic E-state index is 0.0846. The molecule has 2 aromatic rings. The van der Waals surface area contributed by atoms with Gasteiger partial charge in [0, 0.05) is 11.1 Å². The van der Waals surface area contributed by atoms with Gasteiger partial charge in [-0.2, -0.15) is 0 Å². The quantitative estimate of drug-likeness (QED) is 0.550. The van der Waals surface area contributed by atoms with Crippen molar-refractivity contribution in [3.63, 3.8) is 0 Å². The Labute approximate surface area is 154 Å². The van der Waals surface area contributed by atoms with Gasteiger partial charge < -0.3 is 24.6 Å². The highest BCUT2D eigenvalue weighted by Gasteiger charge is 2.23. The zero-order valence-corrected chi connectivity index (χ0v) is 14.2. The number of ether oxygens (including phenoxy) is 3. The minimum Gasteiger partial charge on any atom is -0.456 e. The Hall–Kier alpha value is -3.39. The first-order valence-corrected chi connectivity index (χ1v) is 8.14. The second kappa shape index (κ2) is 8.33. The Morgan fingerprint density at radius 3 is 2.52 bits per heavy atom. The van der Waals surface area contributed by atoms with E-state index in [2.05, 4.69) is 5.32 Å². The van der Waals surface area contributed by atoms with Crippen LogP contribution in [0, 0.1) is 0 Å². The molecule has 1 aliphatic heterocycles. The van der Waals surface area contributed by atoms with Gasteiger partial charge in [0.05, 0.1) is 6.61 Å². The highest BCUT2D eigenvalue weighted by molar-refractivity contribution is 5.99. The first-order valence-electron chi connectivity index (χ1n) is 8.14. The maximum absolute atomic E-state index is 12.2. The van der Waals surface area contributed by atoms with Crippen LogP contribution in [0.4, 0.5) is 0 Å². The normalized spacial score (nSPS) is 12.9. The molecule has 8 heteroatoms. The fourth-order valence-corrected chi connectivity index (χ4v) is 2.40. The molecule has 3 rings (SSSR count). The van der Waals surface area contributed by atoms with E-state index in [0.717, 1.165) is 0 Å². The third-order valence-electron chi connectivity index (χ3n) is 3.85. The lowest BCUT2D eigenvalue weighted by Gasteiger charge is -2.15. The van der Waals surface area contributed by atoms with E-state index in [4.69, 9.17) is 14.2 Å². The van der Waals surface area contributed by atoms with E-state index in [1.54, 1.807) is 36.4 Å². The van der Waals surface area contributed by atoms with Gasteiger partial charge in [-0.3, -0.25) is 9.59 Å². The maximum Gasteiger partial charge on any atom is 0.331 e. The minimum atomic E-state index is -1.28. The number of aliphatic hydroxyl groups excluding tert-OH is 1. The van der Waals surface area contributed by atoms with Crippen LogP contribution in [0.15, 0.2) is 48.5 Å². The summed E-state index contributed by atoms with van der Waals surface area (Å²) in [7, 11) is 0. The van der Waals surface area contributed by atoms with Crippen molar-refractivity contribution in [1.29, 1.82) is 0 Å². The number of rotatable bonds is 7. The van der Waals surface area contributed by atoms with Crippen LogP contribution in [0.25, 0.3) is 0 Å². The van der Waals surface area contributed by atoms with E-state index in [1.165, 1.54) is 12.1 Å². The molecule has 8 nitrogen and oxygen atoms in total. The molecule has 0 bridgehead atoms. The molecular formula is C19H17NO7. The third-order valence-corrected chi connectivity index (χ3v) is 3.85. The second-order valence-corrected chi connectivity index (χ2v) is 5.67. The van der Waals surface area contributed by atoms with Gasteiger partial charge in [-0.1, -0.05) is 18.2 Å². The summed E-state index contributed by atoms with van der Waals surface area (Å²) in [5.41, 5.74) is 0.626. The van der Waals surface area contributed by atoms with Gasteiger partial charge in [-0.15, -0.1) is 0 Å². The van der Waals surface area contributed by atoms with Gasteiger partial charge in [0.15, 0.2) is 29.9 Å². The second-order valence-electron chi connectivity index (χ2n) is 5.67. The van der Waals surface area contributed by atoms with Crippen LogP contribution < -0.4 is 14.8 Å². The number of ketones is 1. The summed E-state index contributed by atoms with van der Waals surface area (Å²) >= 11 is 0. The maximum atomic E-state index is 12.2. The van der Waals surface area contributed by atoms with Crippen molar-refractivity contribution in [2.45, 2.75) is 6.04 Å². The van der Waals surface area contributed by atoms with Crippen LogP contribution in [0.1, 0.15) is 20.7 Å². The molecule has 0 aliphatic carbocycles. The summed E-state index contributed by atoms with van der Waals surface area (Å²) in [4.78, 5) is 36.3. The first-order chi connectivity index (χ1) is 13.1. The molecule has 1 atom stereocenters. The summed E-state index contributed by atoms with van der Waals surface area (Å²) in [6.07, 6.45) is 0. The number of fused-ring (bicyclic) bond motifs is 1. The van der Waals surface area contributed by atoms with Crippen LogP contribution in [0.5, 0.6) is 11.5 Å². The van der Waals surface area contributed by atoms with E-state index < -0.39 is 36.9 Å². The van der Waals surface area contributed by atoms with E-state index in [0.29, 0.717) is 22.6 Å². The molecule has 1 aliphatic rings. The van der Waals surface area contributed by atoms with E-state index in [-0.39, 0.29) is 6.79 Å². The van der Waals surface area contributed by atoms with Gasteiger partial charge >= 0.3 is 5.97 Å². The van der Waals surface area contributed by atoms with Crippen molar-refractivity contribution in [1.82, 2.24) is 5.32 Å². The van der Waals surface area contributed by atoms with E-state index in [9.17, 15) is 19.5 Å². The molecular weight excluding hydrogens is 354 g/mol. The number of Topliss-reactive ketones (excluding diaryl/α,β-unsaturated/α-hetero) is 1. The Bertz CT molecular complexity index is 850. The average Bonchev–Trinajstić information content (AvgIpc) is 3.18. The lowest BCUT2D eigenvalue weighted by molar-refractivity contribution is -0.145. The zero-order chi connectivity index (χ0) is 19.2. The zero-order valence-electron chi connectivity index (χ0n) is 14.2. The Morgan fingerprint density at radius 2 is 1.78 bits per heavy atom. The van der Waals surface area contributed by atoms with Crippen LogP contribution in [-0.2, 0) is 9.53 Å². The van der Waals surface area contributed by atoms with Crippen molar-refractivity contribution in [3.05, 3.63) is 59.7 Å². The van der Waals surface area contributed by atoms with Gasteiger partial charge in [-0.25, -0.2) is 4.79 Å². The highest BCUT2D eigenvalue weighted by atomic mass is 16.7. The smallest absolute Gasteiger partial charge is 0.331 e. The van der Waals surface area contributed by atoms with Crippen molar-refractivity contribution in [2.24, 2.45) is 0 Å². The number of hydrogen-bond donors (Lipinski definition) is 2. The summed E-state index contributed by atoms with van der Waals surface area (Å²) in [6.45, 7) is -1.10. The molecule has 0 fully saturated rings. The van der Waals surface area contributed by atoms with Crippen molar-refractivity contribution in [3.8, 4) is 11.5 Å². The Kier molecular flexibility index (Phi) is 5.68. The summed E-state index contributed by atoms with van der Waals surface area (Å²) in [5, 5.41) is 11.7. The van der Waals surface area contributed by atoms with Crippen molar-refractivity contribution < 1.29 is 33.7 Å². The molecule has 140 valence electrons. The number of carbonyl (C=O) groups is 3. The van der Waals surface area contributed by atoms with Gasteiger partial charge in [0.1, 0.15) is 0 Å². The number of nitrogens with one attached hydrogen (secondary N) is 1. The fraction of sp³-hybridized carbons (Fsp3) is 0.211. The number of carbonyl (C=O) groups excluding carboxylic acids is 3. The van der Waals surface area contributed by atoms with Crippen LogP contribution in [0.2, 0.25) is 0 Å². The number of aliphatic hydroxyl groups is 1. The van der Waals surface area contributed by atoms with Crippen molar-refractivity contribution >= 4 is 17.7 Å². The summed E-state index contributed by atoms with van der Waals surface area (Å²) in [5.74, 6) is -0.916. The lowest BCUT2D eigenvalue weighted by atomic mass is 10.1. The molecule has 1 heterocycles. The monoisotopic (exact) mass is 371 g/mol. The number of hydrogen-bond acceptors (Lipinski definition) is 7. The van der Waals surface area contributed by atoms with Crippen LogP contribution in [0.3, 0.4) is 0 Å². The Balaban J connectivity index is 1.55. The molecule has 1 unspecified atom stereocenters. The summed E-state index contributed by atoms with van der Waals surface area (Å²) < 4.78 is 15.3. The molecule has 0 spiro atoms. The van der Waals surface area contributed by atoms with E-state index >= 15 is 0 Å². The molecule has 0 saturated carbocycles. The molecule has 0 radical (unpaired) electrons. The molecule has 2 N–H and O–H groups in total. The van der Waals surface area contributed by atoms with E-state index in [1.807, 2.05) is 0 Å². The standard InChI is InChI=1S/C19H17NO7/c21-9-14(20-18(23)12-4-2-1-3-5-12)19(24)25-10-15(22)13-6-7-16-17(8-13)27-11-26-16/h1-8,14,21H,9-11H2,(H,20,23). The fourth-order valence-electron chi connectivity index (χ4n) is 2.40. The predicted molar refractivity (Wildman–Crippen MR) is 92.6 cm³/mol. The highest BCUT2D eigenvalue weighted by Crippen LogP contribution is 2.32. The number of amides is 1. The van der Waals surface area contributed by atoms with Crippen molar-refractivity contribution in [2.75, 3.05) is 20.0 Å². The van der Waals surface area contributed by atoms with Gasteiger partial charge in [0.25, 0.3) is 5.91 Å². The third kappa shape index (κ3) is 4.42. The molecule has 0 aromatic heterocycles. The average molecular weight is 371 g/mol. The molecule has 27 heavy (non-hydrogen) atoms. The van der Waals surface area contributed by atoms with Crippen LogP contribution in [-0.4, -0.2) is 48.8 Å². The first kappa shape index (κ1) is 18.4. The largest absolute Gasteiger partial charge is 0.456 e. The van der Waals surface area contributed by atoms with Gasteiger partial charge in [0.2, 0.25) is 6.79 Å². The predicted octanol–water partition coefficient (Wildman–Crippen LogP) is 0.932. The van der Waals surface area contributed by atoms with Crippen LogP contribution >= 0.6 is 0 Å². The summed E-state index contributed by atoms with van der Waals surface area (Å²) in [6, 6.07) is 11.6. The molecule has 2 aromatic carbocycles.